The van der Waals surface area contributed by atoms with Crippen LogP contribution in [0.5, 0.6) is 0 Å². The predicted octanol–water partition coefficient (Wildman–Crippen LogP) is 5.32. The number of aldehydes is 1. The second-order valence-corrected chi connectivity index (χ2v) is 6.06. The van der Waals surface area contributed by atoms with Crippen LogP contribution in [0.25, 0.3) is 11.1 Å². The molecule has 0 saturated heterocycles. The van der Waals surface area contributed by atoms with E-state index in [1.165, 1.54) is 6.07 Å². The first kappa shape index (κ1) is 14.4. The van der Waals surface area contributed by atoms with E-state index in [0.29, 0.717) is 10.0 Å². The normalized spacial score (nSPS) is 12.2. The van der Waals surface area contributed by atoms with Crippen molar-refractivity contribution in [2.75, 3.05) is 0 Å². The molecule has 0 bridgehead atoms. The molecule has 4 heteroatoms. The highest BCUT2D eigenvalue weighted by Crippen LogP contribution is 2.33. The number of benzene rings is 2. The van der Waals surface area contributed by atoms with E-state index in [0.717, 1.165) is 21.9 Å². The molecule has 0 aromatic heterocycles. The molecule has 0 amide bonds. The van der Waals surface area contributed by atoms with E-state index >= 15 is 0 Å². The Labute approximate surface area is 128 Å². The van der Waals surface area contributed by atoms with Gasteiger partial charge in [-0.1, -0.05) is 57.0 Å². The summed E-state index contributed by atoms with van der Waals surface area (Å²) >= 11 is 6.68. The SMILES string of the molecule is CC(C=O)c1ccc(-c2ccc(Br)cc2F)c(Br)c1. The van der Waals surface area contributed by atoms with Gasteiger partial charge in [-0.05, 0) is 29.3 Å². The van der Waals surface area contributed by atoms with E-state index in [2.05, 4.69) is 31.9 Å². The molecule has 0 N–H and O–H groups in total. The molecule has 0 heterocycles. The highest BCUT2D eigenvalue weighted by Gasteiger charge is 2.11. The topological polar surface area (TPSA) is 17.1 Å². The molecule has 0 radical (unpaired) electrons. The number of rotatable bonds is 3. The maximum Gasteiger partial charge on any atom is 0.132 e. The summed E-state index contributed by atoms with van der Waals surface area (Å²) < 4.78 is 15.4. The van der Waals surface area contributed by atoms with Crippen LogP contribution in [0.3, 0.4) is 0 Å². The van der Waals surface area contributed by atoms with Crippen LogP contribution >= 0.6 is 31.9 Å². The maximum absolute atomic E-state index is 13.9. The number of halogens is 3. The Morgan fingerprint density at radius 2 is 1.79 bits per heavy atom. The van der Waals surface area contributed by atoms with Gasteiger partial charge in [-0.2, -0.15) is 0 Å². The molecule has 1 nitrogen and oxygen atoms in total. The van der Waals surface area contributed by atoms with Gasteiger partial charge in [0.15, 0.2) is 0 Å². The van der Waals surface area contributed by atoms with Gasteiger partial charge >= 0.3 is 0 Å². The van der Waals surface area contributed by atoms with Crippen LogP contribution in [-0.2, 0) is 4.79 Å². The molecule has 0 saturated carbocycles. The molecule has 2 rings (SSSR count). The third kappa shape index (κ3) is 3.12. The lowest BCUT2D eigenvalue weighted by molar-refractivity contribution is -0.108. The van der Waals surface area contributed by atoms with E-state index in [-0.39, 0.29) is 11.7 Å². The molecule has 1 unspecified atom stereocenters. The van der Waals surface area contributed by atoms with Gasteiger partial charge in [0, 0.05) is 20.4 Å². The van der Waals surface area contributed by atoms with Gasteiger partial charge in [-0.3, -0.25) is 0 Å². The van der Waals surface area contributed by atoms with E-state index in [1.54, 1.807) is 12.1 Å². The predicted molar refractivity (Wildman–Crippen MR) is 81.7 cm³/mol. The van der Waals surface area contributed by atoms with E-state index in [4.69, 9.17) is 0 Å². The van der Waals surface area contributed by atoms with Gasteiger partial charge < -0.3 is 4.79 Å². The molecule has 98 valence electrons. The third-order valence-electron chi connectivity index (χ3n) is 2.94. The molecule has 1 atom stereocenters. The fraction of sp³-hybridized carbons (Fsp3) is 0.133. The van der Waals surface area contributed by atoms with Gasteiger partial charge in [0.1, 0.15) is 12.1 Å². The first-order valence-corrected chi connectivity index (χ1v) is 7.31. The highest BCUT2D eigenvalue weighted by molar-refractivity contribution is 9.10. The van der Waals surface area contributed by atoms with Crippen LogP contribution < -0.4 is 0 Å². The van der Waals surface area contributed by atoms with Crippen molar-refractivity contribution in [1.82, 2.24) is 0 Å². The molecule has 19 heavy (non-hydrogen) atoms. The number of hydrogen-bond donors (Lipinski definition) is 0. The summed E-state index contributed by atoms with van der Waals surface area (Å²) in [6.07, 6.45) is 0.891. The van der Waals surface area contributed by atoms with Crippen molar-refractivity contribution >= 4 is 38.1 Å². The molecule has 0 fully saturated rings. The zero-order valence-electron chi connectivity index (χ0n) is 10.2. The molecule has 0 aliphatic rings. The van der Waals surface area contributed by atoms with E-state index in [9.17, 15) is 9.18 Å². The third-order valence-corrected chi connectivity index (χ3v) is 4.09. The van der Waals surface area contributed by atoms with Crippen molar-refractivity contribution < 1.29 is 9.18 Å². The van der Waals surface area contributed by atoms with Crippen LogP contribution in [0.1, 0.15) is 18.4 Å². The Bertz CT molecular complexity index is 626. The quantitative estimate of drug-likeness (QED) is 0.653. The molecule has 0 aliphatic carbocycles. The minimum absolute atomic E-state index is 0.167. The Hall–Kier alpha value is -1.00. The average molecular weight is 386 g/mol. The smallest absolute Gasteiger partial charge is 0.132 e. The maximum atomic E-state index is 13.9. The summed E-state index contributed by atoms with van der Waals surface area (Å²) in [5.41, 5.74) is 2.20. The summed E-state index contributed by atoms with van der Waals surface area (Å²) in [4.78, 5) is 10.8. The number of hydrogen-bond acceptors (Lipinski definition) is 1. The summed E-state index contributed by atoms with van der Waals surface area (Å²) in [7, 11) is 0. The highest BCUT2D eigenvalue weighted by atomic mass is 79.9. The van der Waals surface area contributed by atoms with Gasteiger partial charge in [-0.15, -0.1) is 0 Å². The summed E-state index contributed by atoms with van der Waals surface area (Å²) in [5.74, 6) is -0.452. The molecule has 0 spiro atoms. The minimum atomic E-state index is -0.286. The van der Waals surface area contributed by atoms with Gasteiger partial charge in [-0.25, -0.2) is 4.39 Å². The molecule has 2 aromatic rings. The van der Waals surface area contributed by atoms with Crippen molar-refractivity contribution in [1.29, 1.82) is 0 Å². The fourth-order valence-electron chi connectivity index (χ4n) is 1.82. The second-order valence-electron chi connectivity index (χ2n) is 4.29. The molecule has 2 aromatic carbocycles. The Balaban J connectivity index is 2.49. The van der Waals surface area contributed by atoms with Crippen LogP contribution in [0.15, 0.2) is 45.3 Å². The lowest BCUT2D eigenvalue weighted by atomic mass is 9.98. The largest absolute Gasteiger partial charge is 0.303 e. The average Bonchev–Trinajstić information content (AvgIpc) is 2.38. The van der Waals surface area contributed by atoms with Crippen molar-refractivity contribution in [3.8, 4) is 11.1 Å². The molecule has 0 aliphatic heterocycles. The summed E-state index contributed by atoms with van der Waals surface area (Å²) in [6.45, 7) is 1.83. The Kier molecular flexibility index (Phi) is 4.53. The zero-order valence-corrected chi connectivity index (χ0v) is 13.3. The zero-order chi connectivity index (χ0) is 14.0. The molecular weight excluding hydrogens is 375 g/mol. The van der Waals surface area contributed by atoms with E-state index in [1.807, 2.05) is 25.1 Å². The summed E-state index contributed by atoms with van der Waals surface area (Å²) in [6, 6.07) is 10.5. The van der Waals surface area contributed by atoms with Crippen LogP contribution in [0, 0.1) is 5.82 Å². The van der Waals surface area contributed by atoms with Crippen molar-refractivity contribution in [2.24, 2.45) is 0 Å². The fourth-order valence-corrected chi connectivity index (χ4v) is 2.76. The van der Waals surface area contributed by atoms with Crippen molar-refractivity contribution in [2.45, 2.75) is 12.8 Å². The Morgan fingerprint density at radius 3 is 2.37 bits per heavy atom. The van der Waals surface area contributed by atoms with Gasteiger partial charge in [0.05, 0.1) is 0 Å². The number of carbonyl (C=O) groups excluding carboxylic acids is 1. The van der Waals surface area contributed by atoms with Gasteiger partial charge in [0.25, 0.3) is 0 Å². The van der Waals surface area contributed by atoms with Crippen LogP contribution in [0.4, 0.5) is 4.39 Å². The van der Waals surface area contributed by atoms with Crippen molar-refractivity contribution in [3.63, 3.8) is 0 Å². The second kappa shape index (κ2) is 5.97. The standard InChI is InChI=1S/C15H11Br2FO/c1-9(8-19)10-2-4-12(14(17)6-10)13-5-3-11(16)7-15(13)18/h2-9H,1H3. The van der Waals surface area contributed by atoms with E-state index < -0.39 is 0 Å². The van der Waals surface area contributed by atoms with Crippen LogP contribution in [0.2, 0.25) is 0 Å². The van der Waals surface area contributed by atoms with Crippen molar-refractivity contribution in [3.05, 3.63) is 56.7 Å². The lowest BCUT2D eigenvalue weighted by Gasteiger charge is -2.10. The van der Waals surface area contributed by atoms with Crippen LogP contribution in [-0.4, -0.2) is 6.29 Å². The number of carbonyl (C=O) groups is 1. The first-order chi connectivity index (χ1) is 9.02. The summed E-state index contributed by atoms with van der Waals surface area (Å²) in [5, 5.41) is 0. The molecular formula is C15H11Br2FO. The Morgan fingerprint density at radius 1 is 1.11 bits per heavy atom. The lowest BCUT2D eigenvalue weighted by Crippen LogP contribution is -1.95. The van der Waals surface area contributed by atoms with Gasteiger partial charge in [0.2, 0.25) is 0 Å². The first-order valence-electron chi connectivity index (χ1n) is 5.73. The monoisotopic (exact) mass is 384 g/mol. The minimum Gasteiger partial charge on any atom is -0.303 e.